The summed E-state index contributed by atoms with van der Waals surface area (Å²) in [5.74, 6) is 0. The van der Waals surface area contributed by atoms with Crippen LogP contribution in [-0.4, -0.2) is 16.1 Å². The van der Waals surface area contributed by atoms with Gasteiger partial charge < -0.3 is 4.74 Å². The van der Waals surface area contributed by atoms with Crippen LogP contribution < -0.4 is 0 Å². The molecule has 1 heterocycles. The van der Waals surface area contributed by atoms with Gasteiger partial charge in [-0.1, -0.05) is 22.6 Å². The zero-order valence-electron chi connectivity index (χ0n) is 5.40. The summed E-state index contributed by atoms with van der Waals surface area (Å²) in [4.78, 5) is 0. The van der Waals surface area contributed by atoms with Crippen LogP contribution in [0.15, 0.2) is 0 Å². The maximum absolute atomic E-state index is 5.70. The summed E-state index contributed by atoms with van der Waals surface area (Å²) in [5, 5.41) is 0. The molecule has 1 aliphatic carbocycles. The minimum atomic E-state index is 0.413. The first-order valence-electron chi connectivity index (χ1n) is 3.58. The maximum atomic E-state index is 5.70. The van der Waals surface area contributed by atoms with Crippen LogP contribution >= 0.6 is 22.6 Å². The largest absolute Gasteiger partial charge is 0.371 e. The van der Waals surface area contributed by atoms with E-state index in [0.29, 0.717) is 11.7 Å². The van der Waals surface area contributed by atoms with Crippen LogP contribution in [0.25, 0.3) is 0 Å². The van der Waals surface area contributed by atoms with E-state index in [-0.39, 0.29) is 0 Å². The van der Waals surface area contributed by atoms with Gasteiger partial charge in [0.2, 0.25) is 0 Å². The van der Waals surface area contributed by atoms with E-state index in [2.05, 4.69) is 22.6 Å². The summed E-state index contributed by atoms with van der Waals surface area (Å²) in [6.45, 7) is 0. The second-order valence-corrected chi connectivity index (χ2v) is 4.02. The molecule has 2 fully saturated rings. The predicted octanol–water partition coefficient (Wildman–Crippen LogP) is 2.13. The summed E-state index contributed by atoms with van der Waals surface area (Å²) in [6, 6.07) is 0. The van der Waals surface area contributed by atoms with Gasteiger partial charge in [-0.05, 0) is 19.3 Å². The van der Waals surface area contributed by atoms with Crippen molar-refractivity contribution in [3.63, 3.8) is 0 Å². The third kappa shape index (κ3) is 0.909. The highest BCUT2D eigenvalue weighted by molar-refractivity contribution is 14.1. The molecule has 1 atom stereocenters. The predicted molar refractivity (Wildman–Crippen MR) is 45.0 cm³/mol. The van der Waals surface area contributed by atoms with Gasteiger partial charge in [0.15, 0.2) is 0 Å². The number of rotatable bonds is 1. The van der Waals surface area contributed by atoms with Crippen LogP contribution in [0.5, 0.6) is 0 Å². The van der Waals surface area contributed by atoms with Crippen LogP contribution in [0.2, 0.25) is 0 Å². The van der Waals surface area contributed by atoms with Gasteiger partial charge in [0.05, 0.1) is 11.7 Å². The number of hydrogen-bond acceptors (Lipinski definition) is 1. The quantitative estimate of drug-likeness (QED) is 0.502. The second-order valence-electron chi connectivity index (χ2n) is 3.13. The number of halogens is 1. The van der Waals surface area contributed by atoms with Crippen LogP contribution in [0, 0.1) is 0 Å². The van der Waals surface area contributed by atoms with Gasteiger partial charge in [-0.2, -0.15) is 0 Å². The molecular weight excluding hydrogens is 227 g/mol. The van der Waals surface area contributed by atoms with Crippen LogP contribution in [-0.2, 0) is 4.74 Å². The summed E-state index contributed by atoms with van der Waals surface area (Å²) in [7, 11) is 0. The molecular formula is C7H11IO. The number of hydrogen-bond donors (Lipinski definition) is 0. The van der Waals surface area contributed by atoms with E-state index >= 15 is 0 Å². The van der Waals surface area contributed by atoms with Crippen LogP contribution in [0.1, 0.15) is 25.7 Å². The lowest BCUT2D eigenvalue weighted by molar-refractivity contribution is -0.232. The lowest BCUT2D eigenvalue weighted by Gasteiger charge is -2.53. The molecule has 0 aromatic carbocycles. The summed E-state index contributed by atoms with van der Waals surface area (Å²) in [6.07, 6.45) is 6.01. The summed E-state index contributed by atoms with van der Waals surface area (Å²) < 4.78 is 6.88. The Hall–Kier alpha value is 0.690. The molecule has 0 aromatic heterocycles. The second kappa shape index (κ2) is 2.09. The van der Waals surface area contributed by atoms with Crippen molar-refractivity contribution in [1.29, 1.82) is 0 Å². The van der Waals surface area contributed by atoms with Gasteiger partial charge in [-0.15, -0.1) is 0 Å². The lowest BCUT2D eigenvalue weighted by Crippen LogP contribution is -2.55. The van der Waals surface area contributed by atoms with Gasteiger partial charge in [0.25, 0.3) is 0 Å². The van der Waals surface area contributed by atoms with Crippen LogP contribution in [0.3, 0.4) is 0 Å². The Morgan fingerprint density at radius 3 is 2.56 bits per heavy atom. The first-order valence-corrected chi connectivity index (χ1v) is 5.11. The summed E-state index contributed by atoms with van der Waals surface area (Å²) >= 11 is 2.40. The zero-order chi connectivity index (χ0) is 6.32. The van der Waals surface area contributed by atoms with Gasteiger partial charge in [-0.3, -0.25) is 0 Å². The normalized spacial score (nSPS) is 37.7. The van der Waals surface area contributed by atoms with Crippen molar-refractivity contribution in [2.45, 2.75) is 37.4 Å². The average Bonchev–Trinajstić information content (AvgIpc) is 1.59. The Morgan fingerprint density at radius 2 is 2.22 bits per heavy atom. The number of alkyl halides is 1. The fraction of sp³-hybridized carbons (Fsp3) is 1.00. The van der Waals surface area contributed by atoms with E-state index < -0.39 is 0 Å². The number of ether oxygens (including phenoxy) is 1. The standard InChI is InChI=1S/C7H11IO/c8-5-6-4-7(9-6)2-1-3-7/h6H,1-5H2. The zero-order valence-corrected chi connectivity index (χ0v) is 7.56. The monoisotopic (exact) mass is 238 g/mol. The Kier molecular flexibility index (Phi) is 1.49. The molecule has 0 aromatic rings. The SMILES string of the molecule is ICC1CC2(CCC2)O1. The van der Waals surface area contributed by atoms with Crippen molar-refractivity contribution in [2.75, 3.05) is 4.43 Å². The highest BCUT2D eigenvalue weighted by Crippen LogP contribution is 2.48. The third-order valence-corrected chi connectivity index (χ3v) is 3.44. The van der Waals surface area contributed by atoms with E-state index in [0.717, 1.165) is 0 Å². The van der Waals surface area contributed by atoms with Gasteiger partial charge in [0.1, 0.15) is 0 Å². The van der Waals surface area contributed by atoms with Crippen molar-refractivity contribution in [3.8, 4) is 0 Å². The van der Waals surface area contributed by atoms with E-state index in [4.69, 9.17) is 4.74 Å². The Balaban J connectivity index is 1.82. The Bertz CT molecular complexity index is 112. The summed E-state index contributed by atoms with van der Waals surface area (Å²) in [5.41, 5.74) is 0.413. The molecule has 9 heavy (non-hydrogen) atoms. The fourth-order valence-corrected chi connectivity index (χ4v) is 2.23. The van der Waals surface area contributed by atoms with Gasteiger partial charge >= 0.3 is 0 Å². The highest BCUT2D eigenvalue weighted by atomic mass is 127. The molecule has 1 saturated carbocycles. The van der Waals surface area contributed by atoms with E-state index in [1.807, 2.05) is 0 Å². The molecule has 0 N–H and O–H groups in total. The van der Waals surface area contributed by atoms with Crippen molar-refractivity contribution in [3.05, 3.63) is 0 Å². The average molecular weight is 238 g/mol. The minimum Gasteiger partial charge on any atom is -0.371 e. The molecule has 0 amide bonds. The van der Waals surface area contributed by atoms with Gasteiger partial charge in [0, 0.05) is 10.8 Å². The molecule has 2 heteroatoms. The molecule has 2 aliphatic rings. The minimum absolute atomic E-state index is 0.413. The third-order valence-electron chi connectivity index (χ3n) is 2.45. The molecule has 1 aliphatic heterocycles. The molecule has 1 spiro atoms. The molecule has 1 unspecified atom stereocenters. The molecule has 0 bridgehead atoms. The Labute approximate surface area is 69.3 Å². The van der Waals surface area contributed by atoms with Crippen molar-refractivity contribution < 1.29 is 4.74 Å². The molecule has 1 nitrogen and oxygen atoms in total. The van der Waals surface area contributed by atoms with E-state index in [1.165, 1.54) is 30.1 Å². The molecule has 1 saturated heterocycles. The van der Waals surface area contributed by atoms with Gasteiger partial charge in [-0.25, -0.2) is 0 Å². The maximum Gasteiger partial charge on any atom is 0.0711 e. The topological polar surface area (TPSA) is 9.23 Å². The highest BCUT2D eigenvalue weighted by Gasteiger charge is 2.48. The Morgan fingerprint density at radius 1 is 1.56 bits per heavy atom. The molecule has 2 rings (SSSR count). The van der Waals surface area contributed by atoms with Crippen molar-refractivity contribution in [2.24, 2.45) is 0 Å². The van der Waals surface area contributed by atoms with E-state index in [1.54, 1.807) is 0 Å². The molecule has 52 valence electrons. The van der Waals surface area contributed by atoms with Crippen molar-refractivity contribution in [1.82, 2.24) is 0 Å². The lowest BCUT2D eigenvalue weighted by atomic mass is 9.72. The fourth-order valence-electron chi connectivity index (χ4n) is 1.74. The van der Waals surface area contributed by atoms with Crippen molar-refractivity contribution >= 4 is 22.6 Å². The first kappa shape index (κ1) is 6.40. The first-order chi connectivity index (χ1) is 4.35. The van der Waals surface area contributed by atoms with Crippen LogP contribution in [0.4, 0.5) is 0 Å². The molecule has 0 radical (unpaired) electrons. The smallest absolute Gasteiger partial charge is 0.0711 e. The van der Waals surface area contributed by atoms with E-state index in [9.17, 15) is 0 Å².